The first-order chi connectivity index (χ1) is 8.48. The molecule has 0 fully saturated rings. The Balaban J connectivity index is 2.16. The Kier molecular flexibility index (Phi) is 3.38. The van der Waals surface area contributed by atoms with E-state index in [9.17, 15) is 8.42 Å². The number of rotatable bonds is 4. The lowest BCUT2D eigenvalue weighted by Gasteiger charge is -2.05. The van der Waals surface area contributed by atoms with Gasteiger partial charge in [0.15, 0.2) is 0 Å². The molecule has 6 heteroatoms. The van der Waals surface area contributed by atoms with Crippen LogP contribution in [0.25, 0.3) is 0 Å². The van der Waals surface area contributed by atoms with Gasteiger partial charge in [-0.3, -0.25) is 4.72 Å². The van der Waals surface area contributed by atoms with Crippen molar-refractivity contribution < 1.29 is 12.9 Å². The molecule has 1 aromatic heterocycles. The van der Waals surface area contributed by atoms with Crippen molar-refractivity contribution >= 4 is 15.9 Å². The molecule has 0 aliphatic rings. The topological polar surface area (TPSA) is 72.2 Å². The highest BCUT2D eigenvalue weighted by molar-refractivity contribution is 7.91. The lowest BCUT2D eigenvalue weighted by molar-refractivity contribution is 0.430. The summed E-state index contributed by atoms with van der Waals surface area (Å²) in [4.78, 5) is 0. The van der Waals surface area contributed by atoms with Gasteiger partial charge in [-0.1, -0.05) is 35.5 Å². The van der Waals surface area contributed by atoms with Crippen LogP contribution >= 0.6 is 0 Å². The Bertz CT molecular complexity index is 633. The van der Waals surface area contributed by atoms with Gasteiger partial charge in [-0.15, -0.1) is 0 Å². The number of aromatic nitrogens is 1. The maximum Gasteiger partial charge on any atom is 0.241 e. The van der Waals surface area contributed by atoms with Crippen molar-refractivity contribution in [3.63, 3.8) is 0 Å². The second-order valence-corrected chi connectivity index (χ2v) is 5.79. The van der Waals surface area contributed by atoms with Crippen LogP contribution in [0.3, 0.4) is 0 Å². The van der Waals surface area contributed by atoms with Crippen LogP contribution < -0.4 is 4.72 Å². The molecule has 0 saturated heterocycles. The normalized spacial score (nSPS) is 11.4. The molecule has 1 N–H and O–H groups in total. The van der Waals surface area contributed by atoms with E-state index >= 15 is 0 Å². The van der Waals surface area contributed by atoms with Crippen LogP contribution in [-0.2, 0) is 15.8 Å². The van der Waals surface area contributed by atoms with Gasteiger partial charge >= 0.3 is 0 Å². The second-order valence-electron chi connectivity index (χ2n) is 4.07. The number of sulfonamides is 1. The summed E-state index contributed by atoms with van der Waals surface area (Å²) < 4.78 is 31.2. The molecule has 18 heavy (non-hydrogen) atoms. The van der Waals surface area contributed by atoms with E-state index in [2.05, 4.69) is 9.88 Å². The van der Waals surface area contributed by atoms with Gasteiger partial charge in [-0.25, -0.2) is 8.42 Å². The predicted octanol–water partition coefficient (Wildman–Crippen LogP) is 2.23. The number of nitrogens with one attached hydrogen (secondary N) is 1. The Hall–Kier alpha value is -1.82. The summed E-state index contributed by atoms with van der Waals surface area (Å²) in [5, 5.41) is 3.71. The van der Waals surface area contributed by atoms with E-state index < -0.39 is 10.0 Å². The average Bonchev–Trinajstić information content (AvgIpc) is 2.61. The molecule has 1 heterocycles. The zero-order chi connectivity index (χ0) is 13.2. The van der Waals surface area contributed by atoms with Crippen LogP contribution in [0.1, 0.15) is 16.8 Å². The molecule has 0 bridgehead atoms. The quantitative estimate of drug-likeness (QED) is 0.921. The fourth-order valence-corrected chi connectivity index (χ4v) is 2.66. The summed E-state index contributed by atoms with van der Waals surface area (Å²) in [6, 6.07) is 8.96. The van der Waals surface area contributed by atoms with E-state index in [1.807, 2.05) is 6.07 Å². The molecule has 0 atom stereocenters. The van der Waals surface area contributed by atoms with Crippen molar-refractivity contribution in [2.75, 3.05) is 4.72 Å². The molecular weight excluding hydrogens is 252 g/mol. The monoisotopic (exact) mass is 266 g/mol. The third kappa shape index (κ3) is 2.89. The molecule has 0 unspecified atom stereocenters. The molecule has 2 aromatic rings. The van der Waals surface area contributed by atoms with E-state index in [-0.39, 0.29) is 11.6 Å². The van der Waals surface area contributed by atoms with Crippen LogP contribution in [0, 0.1) is 13.8 Å². The SMILES string of the molecule is Cc1noc(NS(=O)(=O)Cc2ccccc2)c1C. The van der Waals surface area contributed by atoms with Crippen molar-refractivity contribution in [1.82, 2.24) is 5.16 Å². The molecule has 0 aliphatic carbocycles. The third-order valence-corrected chi connectivity index (χ3v) is 3.81. The minimum atomic E-state index is -3.48. The highest BCUT2D eigenvalue weighted by Crippen LogP contribution is 2.19. The van der Waals surface area contributed by atoms with E-state index in [0.29, 0.717) is 11.3 Å². The highest BCUT2D eigenvalue weighted by atomic mass is 32.2. The van der Waals surface area contributed by atoms with Gasteiger partial charge in [0.05, 0.1) is 11.4 Å². The maximum atomic E-state index is 11.9. The molecule has 2 rings (SSSR count). The number of hydrogen-bond donors (Lipinski definition) is 1. The van der Waals surface area contributed by atoms with Gasteiger partial charge in [0.1, 0.15) is 0 Å². The minimum Gasteiger partial charge on any atom is -0.337 e. The van der Waals surface area contributed by atoms with Crippen LogP contribution in [0.2, 0.25) is 0 Å². The van der Waals surface area contributed by atoms with Gasteiger partial charge in [-0.05, 0) is 19.4 Å². The van der Waals surface area contributed by atoms with Crippen molar-refractivity contribution in [3.05, 3.63) is 47.2 Å². The average molecular weight is 266 g/mol. The van der Waals surface area contributed by atoms with Crippen molar-refractivity contribution in [2.24, 2.45) is 0 Å². The van der Waals surface area contributed by atoms with Gasteiger partial charge in [0.2, 0.25) is 15.9 Å². The summed E-state index contributed by atoms with van der Waals surface area (Å²) in [5.41, 5.74) is 2.10. The molecule has 0 radical (unpaired) electrons. The predicted molar refractivity (Wildman–Crippen MR) is 68.7 cm³/mol. The number of aryl methyl sites for hydroxylation is 1. The standard InChI is InChI=1S/C12H14N2O3S/c1-9-10(2)13-17-12(9)14-18(15,16)8-11-6-4-3-5-7-11/h3-7,14H,8H2,1-2H3. The number of nitrogens with zero attached hydrogens (tertiary/aromatic N) is 1. The molecule has 5 nitrogen and oxygen atoms in total. The molecular formula is C12H14N2O3S. The summed E-state index contributed by atoms with van der Waals surface area (Å²) in [6.07, 6.45) is 0. The van der Waals surface area contributed by atoms with Crippen molar-refractivity contribution in [3.8, 4) is 0 Å². The summed E-state index contributed by atoms with van der Waals surface area (Å²) in [6.45, 7) is 3.51. The summed E-state index contributed by atoms with van der Waals surface area (Å²) in [7, 11) is -3.48. The molecule has 0 spiro atoms. The van der Waals surface area contributed by atoms with E-state index in [1.165, 1.54) is 0 Å². The second kappa shape index (κ2) is 4.81. The van der Waals surface area contributed by atoms with E-state index in [0.717, 1.165) is 5.56 Å². The third-order valence-electron chi connectivity index (χ3n) is 2.60. The molecule has 0 aliphatic heterocycles. The van der Waals surface area contributed by atoms with Crippen LogP contribution in [-0.4, -0.2) is 13.6 Å². The Labute approximate surface area is 106 Å². The summed E-state index contributed by atoms with van der Waals surface area (Å²) in [5.74, 6) is 0.0935. The number of benzene rings is 1. The fourth-order valence-electron chi connectivity index (χ4n) is 1.48. The first kappa shape index (κ1) is 12.6. The molecule has 96 valence electrons. The lowest BCUT2D eigenvalue weighted by Crippen LogP contribution is -2.15. The van der Waals surface area contributed by atoms with E-state index in [4.69, 9.17) is 4.52 Å². The molecule has 0 amide bonds. The van der Waals surface area contributed by atoms with Gasteiger partial charge < -0.3 is 4.52 Å². The first-order valence-electron chi connectivity index (χ1n) is 5.45. The van der Waals surface area contributed by atoms with E-state index in [1.54, 1.807) is 38.1 Å². The van der Waals surface area contributed by atoms with Crippen LogP contribution in [0.15, 0.2) is 34.9 Å². The zero-order valence-electron chi connectivity index (χ0n) is 10.2. The largest absolute Gasteiger partial charge is 0.337 e. The fraction of sp³-hybridized carbons (Fsp3) is 0.250. The van der Waals surface area contributed by atoms with Crippen LogP contribution in [0.4, 0.5) is 5.88 Å². The van der Waals surface area contributed by atoms with Gasteiger partial charge in [-0.2, -0.15) is 0 Å². The summed E-state index contributed by atoms with van der Waals surface area (Å²) >= 11 is 0. The Morgan fingerprint density at radius 1 is 1.22 bits per heavy atom. The van der Waals surface area contributed by atoms with Gasteiger partial charge in [0, 0.05) is 5.56 Å². The lowest BCUT2D eigenvalue weighted by atomic mass is 10.2. The first-order valence-corrected chi connectivity index (χ1v) is 7.10. The van der Waals surface area contributed by atoms with Crippen molar-refractivity contribution in [1.29, 1.82) is 0 Å². The van der Waals surface area contributed by atoms with Crippen LogP contribution in [0.5, 0.6) is 0 Å². The minimum absolute atomic E-state index is 0.0903. The number of hydrogen-bond acceptors (Lipinski definition) is 4. The van der Waals surface area contributed by atoms with Crippen molar-refractivity contribution in [2.45, 2.75) is 19.6 Å². The Morgan fingerprint density at radius 2 is 1.89 bits per heavy atom. The zero-order valence-corrected chi connectivity index (χ0v) is 11.0. The number of anilines is 1. The highest BCUT2D eigenvalue weighted by Gasteiger charge is 2.17. The molecule has 0 saturated carbocycles. The van der Waals surface area contributed by atoms with Gasteiger partial charge in [0.25, 0.3) is 0 Å². The smallest absolute Gasteiger partial charge is 0.241 e. The Morgan fingerprint density at radius 3 is 2.44 bits per heavy atom. The molecule has 1 aromatic carbocycles. The maximum absolute atomic E-state index is 11.9.